The second-order valence-corrected chi connectivity index (χ2v) is 14.8. The van der Waals surface area contributed by atoms with Gasteiger partial charge in [0, 0.05) is 43.9 Å². The molecule has 1 aromatic heterocycles. The normalized spacial score (nSPS) is 21.0. The maximum absolute atomic E-state index is 14.3. The van der Waals surface area contributed by atoms with Gasteiger partial charge >= 0.3 is 0 Å². The second kappa shape index (κ2) is 15.8. The first-order valence-electron chi connectivity index (χ1n) is 15.2. The van der Waals surface area contributed by atoms with E-state index in [1.165, 1.54) is 11.4 Å². The quantitative estimate of drug-likeness (QED) is 0.345. The molecule has 1 aliphatic rings. The minimum Gasteiger partial charge on any atom is -0.490 e. The molecule has 0 spiro atoms. The first-order valence-corrected chi connectivity index (χ1v) is 17.5. The Kier molecular flexibility index (Phi) is 12.2. The van der Waals surface area contributed by atoms with Crippen LogP contribution in [0.4, 0.5) is 5.69 Å². The fraction of sp³-hybridized carbons (Fsp3) is 0.455. The minimum atomic E-state index is -3.71. The van der Waals surface area contributed by atoms with Gasteiger partial charge in [0.15, 0.2) is 0 Å². The Morgan fingerprint density at radius 3 is 2.58 bits per heavy atom. The molecular formula is C33H43N3O7S2. The molecule has 10 nitrogen and oxygen atoms in total. The number of sulfonamides is 1. The van der Waals surface area contributed by atoms with Crippen LogP contribution < -0.4 is 10.1 Å². The van der Waals surface area contributed by atoms with Crippen molar-refractivity contribution in [2.75, 3.05) is 38.7 Å². The summed E-state index contributed by atoms with van der Waals surface area (Å²) in [6, 6.07) is 16.5. The molecule has 4 rings (SSSR count). The summed E-state index contributed by atoms with van der Waals surface area (Å²) in [5, 5.41) is 14.8. The van der Waals surface area contributed by atoms with Gasteiger partial charge in [-0.3, -0.25) is 9.59 Å². The van der Waals surface area contributed by atoms with Crippen molar-refractivity contribution in [2.24, 2.45) is 5.92 Å². The highest BCUT2D eigenvalue weighted by atomic mass is 32.2. The van der Waals surface area contributed by atoms with Gasteiger partial charge in [-0.1, -0.05) is 31.2 Å². The summed E-state index contributed by atoms with van der Waals surface area (Å²) in [6.07, 6.45) is 1.56. The van der Waals surface area contributed by atoms with Crippen molar-refractivity contribution in [1.82, 2.24) is 9.21 Å². The zero-order valence-corrected chi connectivity index (χ0v) is 27.9. The zero-order chi connectivity index (χ0) is 32.6. The highest BCUT2D eigenvalue weighted by Gasteiger charge is 2.32. The predicted molar refractivity (Wildman–Crippen MR) is 175 cm³/mol. The van der Waals surface area contributed by atoms with Gasteiger partial charge in [0.05, 0.1) is 30.4 Å². The number of carbonyl (C=O) groups excluding carboxylic acids is 2. The predicted octanol–water partition coefficient (Wildman–Crippen LogP) is 5.12. The summed E-state index contributed by atoms with van der Waals surface area (Å²) in [5.74, 6) is -0.596. The van der Waals surface area contributed by atoms with Crippen molar-refractivity contribution in [1.29, 1.82) is 0 Å². The van der Waals surface area contributed by atoms with Crippen molar-refractivity contribution in [2.45, 2.75) is 62.5 Å². The number of anilines is 1. The molecule has 0 unspecified atom stereocenters. The molecule has 2 heterocycles. The molecule has 0 fully saturated rings. The van der Waals surface area contributed by atoms with Crippen LogP contribution in [0.2, 0.25) is 0 Å². The first kappa shape index (κ1) is 34.6. The third kappa shape index (κ3) is 8.92. The highest BCUT2D eigenvalue weighted by Crippen LogP contribution is 2.29. The van der Waals surface area contributed by atoms with Crippen LogP contribution in [0.25, 0.3) is 0 Å². The van der Waals surface area contributed by atoms with Crippen LogP contribution in [0.15, 0.2) is 70.3 Å². The molecule has 3 aromatic rings. The summed E-state index contributed by atoms with van der Waals surface area (Å²) in [5.41, 5.74) is 1.17. The fourth-order valence-electron chi connectivity index (χ4n) is 5.17. The van der Waals surface area contributed by atoms with Gasteiger partial charge in [-0.25, -0.2) is 8.42 Å². The third-order valence-corrected chi connectivity index (χ3v) is 11.1. The van der Waals surface area contributed by atoms with Gasteiger partial charge in [0.1, 0.15) is 9.96 Å². The molecule has 4 atom stereocenters. The van der Waals surface area contributed by atoms with E-state index in [0.29, 0.717) is 30.0 Å². The van der Waals surface area contributed by atoms with E-state index in [4.69, 9.17) is 9.47 Å². The SMILES string of the molecule is C[C@@H]1CCCCO[C@@H](CN(C)S(=O)(=O)c2cccs2)[C@H](C)CN([C@@H](C)CO)C(=O)c2cc(NC(=O)c3ccccc3)ccc2O1. The molecule has 2 N–H and O–H groups in total. The van der Waals surface area contributed by atoms with Gasteiger partial charge in [-0.05, 0) is 74.9 Å². The lowest BCUT2D eigenvalue weighted by Crippen LogP contribution is -2.48. The molecule has 2 aromatic carbocycles. The molecule has 0 bridgehead atoms. The molecule has 0 radical (unpaired) electrons. The van der Waals surface area contributed by atoms with Gasteiger partial charge < -0.3 is 24.8 Å². The maximum atomic E-state index is 14.3. The number of likely N-dealkylation sites (N-methyl/N-ethyl adjacent to an activating group) is 1. The monoisotopic (exact) mass is 657 g/mol. The Morgan fingerprint density at radius 1 is 1.13 bits per heavy atom. The maximum Gasteiger partial charge on any atom is 0.258 e. The Morgan fingerprint density at radius 2 is 1.89 bits per heavy atom. The zero-order valence-electron chi connectivity index (χ0n) is 26.2. The van der Waals surface area contributed by atoms with Gasteiger partial charge in [0.25, 0.3) is 21.8 Å². The number of aliphatic hydroxyl groups is 1. The largest absolute Gasteiger partial charge is 0.490 e. The average Bonchev–Trinajstić information content (AvgIpc) is 3.59. The van der Waals surface area contributed by atoms with Crippen LogP contribution in [-0.2, 0) is 14.8 Å². The van der Waals surface area contributed by atoms with Crippen LogP contribution in [-0.4, -0.2) is 86.1 Å². The summed E-state index contributed by atoms with van der Waals surface area (Å²) in [6.45, 7) is 6.04. The van der Waals surface area contributed by atoms with E-state index < -0.39 is 22.2 Å². The summed E-state index contributed by atoms with van der Waals surface area (Å²) < 4.78 is 40.5. The van der Waals surface area contributed by atoms with Gasteiger partial charge in [-0.2, -0.15) is 4.31 Å². The Hall–Kier alpha value is -3.29. The average molecular weight is 658 g/mol. The molecule has 244 valence electrons. The van der Waals surface area contributed by atoms with Crippen molar-refractivity contribution in [3.63, 3.8) is 0 Å². The van der Waals surface area contributed by atoms with Crippen LogP contribution in [0.1, 0.15) is 60.7 Å². The number of hydrogen-bond donors (Lipinski definition) is 2. The fourth-order valence-corrected chi connectivity index (χ4v) is 7.56. The van der Waals surface area contributed by atoms with Crippen LogP contribution >= 0.6 is 11.3 Å². The number of thiophene rings is 1. The molecule has 0 aliphatic carbocycles. The molecular weight excluding hydrogens is 615 g/mol. The molecule has 45 heavy (non-hydrogen) atoms. The molecule has 1 aliphatic heterocycles. The summed E-state index contributed by atoms with van der Waals surface area (Å²) >= 11 is 1.16. The third-order valence-electron chi connectivity index (χ3n) is 7.94. The first-order chi connectivity index (χ1) is 21.5. The Bertz CT molecular complexity index is 1520. The highest BCUT2D eigenvalue weighted by molar-refractivity contribution is 7.91. The van der Waals surface area contributed by atoms with Crippen molar-refractivity contribution in [3.05, 3.63) is 77.2 Å². The van der Waals surface area contributed by atoms with E-state index in [1.54, 1.807) is 71.8 Å². The molecule has 12 heteroatoms. The lowest BCUT2D eigenvalue weighted by molar-refractivity contribution is -0.00832. The lowest BCUT2D eigenvalue weighted by atomic mass is 10.0. The lowest BCUT2D eigenvalue weighted by Gasteiger charge is -2.35. The van der Waals surface area contributed by atoms with Crippen molar-refractivity contribution >= 4 is 38.9 Å². The minimum absolute atomic E-state index is 0.0999. The topological polar surface area (TPSA) is 125 Å². The number of ether oxygens (including phenoxy) is 2. The van der Waals surface area contributed by atoms with Gasteiger partial charge in [0.2, 0.25) is 0 Å². The Balaban J connectivity index is 1.65. The van der Waals surface area contributed by atoms with E-state index in [9.17, 15) is 23.1 Å². The molecule has 2 amide bonds. The standard InChI is InChI=1S/C33H43N3O7S2/c1-23-20-36(24(2)22-37)33(39)28-19-27(34-32(38)26-12-6-5-7-13-26)15-16-29(28)43-25(3)11-8-9-17-42-30(23)21-35(4)45(40,41)31-14-10-18-44-31/h5-7,10,12-16,18-19,23-25,30,37H,8-9,11,17,20-22H2,1-4H3,(H,34,38)/t23-,24+,25-,30+/m1/s1. The number of amides is 2. The van der Waals surface area contributed by atoms with E-state index >= 15 is 0 Å². The Labute approximate surface area is 270 Å². The molecule has 0 saturated carbocycles. The number of fused-ring (bicyclic) bond motifs is 1. The van der Waals surface area contributed by atoms with E-state index in [0.717, 1.165) is 24.2 Å². The number of benzene rings is 2. The van der Waals surface area contributed by atoms with Crippen LogP contribution in [0.5, 0.6) is 5.75 Å². The van der Waals surface area contributed by atoms with Crippen LogP contribution in [0, 0.1) is 5.92 Å². The van der Waals surface area contributed by atoms with Gasteiger partial charge in [-0.15, -0.1) is 11.3 Å². The number of carbonyl (C=O) groups is 2. The summed E-state index contributed by atoms with van der Waals surface area (Å²) in [7, 11) is -2.17. The molecule has 0 saturated heterocycles. The van der Waals surface area contributed by atoms with E-state index in [-0.39, 0.29) is 53.3 Å². The van der Waals surface area contributed by atoms with E-state index in [1.807, 2.05) is 19.9 Å². The smallest absolute Gasteiger partial charge is 0.258 e. The van der Waals surface area contributed by atoms with Crippen molar-refractivity contribution in [3.8, 4) is 5.75 Å². The van der Waals surface area contributed by atoms with Crippen molar-refractivity contribution < 1.29 is 32.6 Å². The summed E-state index contributed by atoms with van der Waals surface area (Å²) in [4.78, 5) is 28.7. The van der Waals surface area contributed by atoms with Crippen LogP contribution in [0.3, 0.4) is 0 Å². The second-order valence-electron chi connectivity index (χ2n) is 11.5. The number of hydrogen-bond acceptors (Lipinski definition) is 8. The van der Waals surface area contributed by atoms with E-state index in [2.05, 4.69) is 5.32 Å². The number of rotatable bonds is 8. The number of aliphatic hydroxyl groups excluding tert-OH is 1. The number of nitrogens with one attached hydrogen (secondary N) is 1. The number of nitrogens with zero attached hydrogens (tertiary/aromatic N) is 2.